The number of ketones is 1. The molecule has 0 atom stereocenters. The van der Waals surface area contributed by atoms with Crippen molar-refractivity contribution >= 4 is 21.3 Å². The fourth-order valence-corrected chi connectivity index (χ4v) is 4.26. The molecule has 4 nitrogen and oxygen atoms in total. The predicted molar refractivity (Wildman–Crippen MR) is 80.4 cm³/mol. The summed E-state index contributed by atoms with van der Waals surface area (Å²) >= 11 is 0. The molecule has 106 valence electrons. The highest BCUT2D eigenvalue weighted by Crippen LogP contribution is 2.37. The maximum atomic E-state index is 12.6. The minimum atomic E-state index is -3.79. The number of rotatable bonds is 2. The van der Waals surface area contributed by atoms with Gasteiger partial charge in [0, 0.05) is 12.6 Å². The number of carbonyl (C=O) groups is 1. The highest BCUT2D eigenvalue weighted by Gasteiger charge is 2.41. The van der Waals surface area contributed by atoms with Crippen molar-refractivity contribution in [3.63, 3.8) is 0 Å². The van der Waals surface area contributed by atoms with E-state index in [0.29, 0.717) is 11.3 Å². The second-order valence-electron chi connectivity index (χ2n) is 4.65. The summed E-state index contributed by atoms with van der Waals surface area (Å²) in [7, 11) is -2.18. The van der Waals surface area contributed by atoms with Gasteiger partial charge < -0.3 is 5.32 Å². The van der Waals surface area contributed by atoms with Gasteiger partial charge in [-0.2, -0.15) is 0 Å². The first-order valence-electron chi connectivity index (χ1n) is 6.43. The average Bonchev–Trinajstić information content (AvgIpc) is 2.71. The van der Waals surface area contributed by atoms with Crippen molar-refractivity contribution in [2.75, 3.05) is 7.05 Å². The lowest BCUT2D eigenvalue weighted by atomic mass is 10.1. The van der Waals surface area contributed by atoms with Crippen LogP contribution in [0.4, 0.5) is 0 Å². The number of sulfone groups is 1. The zero-order chi connectivity index (χ0) is 15.0. The SMILES string of the molecule is CNC(=C1C(=O)c2ccccc2S1(=O)=O)c1ccccc1. The fraction of sp³-hybridized carbons (Fsp3) is 0.0625. The van der Waals surface area contributed by atoms with Crippen LogP contribution in [0.25, 0.3) is 5.70 Å². The van der Waals surface area contributed by atoms with Crippen molar-refractivity contribution in [3.8, 4) is 0 Å². The second-order valence-corrected chi connectivity index (χ2v) is 6.50. The van der Waals surface area contributed by atoms with Gasteiger partial charge in [0.05, 0.1) is 10.6 Å². The zero-order valence-corrected chi connectivity index (χ0v) is 12.1. The molecule has 0 fully saturated rings. The molecule has 1 N–H and O–H groups in total. The van der Waals surface area contributed by atoms with Gasteiger partial charge in [-0.15, -0.1) is 0 Å². The molecule has 0 saturated heterocycles. The lowest BCUT2D eigenvalue weighted by molar-refractivity contribution is 0.104. The minimum absolute atomic E-state index is 0.0775. The molecule has 0 saturated carbocycles. The van der Waals surface area contributed by atoms with E-state index in [0.717, 1.165) is 0 Å². The molecule has 5 heteroatoms. The predicted octanol–water partition coefficient (Wildman–Crippen LogP) is 2.24. The lowest BCUT2D eigenvalue weighted by Crippen LogP contribution is -2.15. The summed E-state index contributed by atoms with van der Waals surface area (Å²) in [5.74, 6) is -0.459. The molecular formula is C16H13NO3S. The molecule has 0 aromatic heterocycles. The Bertz CT molecular complexity index is 852. The van der Waals surface area contributed by atoms with Crippen molar-refractivity contribution in [2.45, 2.75) is 4.90 Å². The highest BCUT2D eigenvalue weighted by atomic mass is 32.2. The summed E-state index contributed by atoms with van der Waals surface area (Å²) in [6, 6.07) is 15.3. The first-order valence-corrected chi connectivity index (χ1v) is 7.92. The maximum absolute atomic E-state index is 12.6. The van der Waals surface area contributed by atoms with E-state index in [4.69, 9.17) is 0 Å². The highest BCUT2D eigenvalue weighted by molar-refractivity contribution is 7.97. The molecule has 0 bridgehead atoms. The molecule has 0 amide bonds. The van der Waals surface area contributed by atoms with E-state index in [9.17, 15) is 13.2 Å². The number of hydrogen-bond acceptors (Lipinski definition) is 4. The lowest BCUT2D eigenvalue weighted by Gasteiger charge is -2.10. The van der Waals surface area contributed by atoms with E-state index in [1.165, 1.54) is 6.07 Å². The third kappa shape index (κ3) is 1.97. The Morgan fingerprint density at radius 1 is 0.952 bits per heavy atom. The quantitative estimate of drug-likeness (QED) is 0.864. The summed E-state index contributed by atoms with van der Waals surface area (Å²) in [6.07, 6.45) is 0. The molecule has 3 rings (SSSR count). The van der Waals surface area contributed by atoms with Crippen LogP contribution in [0.5, 0.6) is 0 Å². The van der Waals surface area contributed by atoms with Crippen molar-refractivity contribution in [3.05, 3.63) is 70.6 Å². The average molecular weight is 299 g/mol. The van der Waals surface area contributed by atoms with Crippen LogP contribution in [-0.2, 0) is 9.84 Å². The zero-order valence-electron chi connectivity index (χ0n) is 11.3. The van der Waals surface area contributed by atoms with Crippen LogP contribution in [0.15, 0.2) is 64.4 Å². The van der Waals surface area contributed by atoms with E-state index >= 15 is 0 Å². The Labute approximate surface area is 123 Å². The summed E-state index contributed by atoms with van der Waals surface area (Å²) in [4.78, 5) is 12.4. The van der Waals surface area contributed by atoms with Crippen LogP contribution < -0.4 is 5.32 Å². The van der Waals surface area contributed by atoms with E-state index in [1.54, 1.807) is 49.5 Å². The van der Waals surface area contributed by atoms with Gasteiger partial charge >= 0.3 is 0 Å². The van der Waals surface area contributed by atoms with Crippen LogP contribution in [0.1, 0.15) is 15.9 Å². The number of Topliss-reactive ketones (excluding diaryl/α,β-unsaturated/α-hetero) is 1. The molecule has 0 radical (unpaired) electrons. The van der Waals surface area contributed by atoms with Crippen LogP contribution >= 0.6 is 0 Å². The number of fused-ring (bicyclic) bond motifs is 1. The molecule has 21 heavy (non-hydrogen) atoms. The van der Waals surface area contributed by atoms with E-state index < -0.39 is 15.6 Å². The first kappa shape index (κ1) is 13.6. The van der Waals surface area contributed by atoms with Gasteiger partial charge in [0.2, 0.25) is 15.6 Å². The van der Waals surface area contributed by atoms with Gasteiger partial charge in [-0.3, -0.25) is 4.79 Å². The van der Waals surface area contributed by atoms with Gasteiger partial charge in [-0.1, -0.05) is 42.5 Å². The summed E-state index contributed by atoms with van der Waals surface area (Å²) in [5.41, 5.74) is 1.23. The number of hydrogen-bond donors (Lipinski definition) is 1. The van der Waals surface area contributed by atoms with E-state index in [-0.39, 0.29) is 15.4 Å². The molecule has 1 heterocycles. The minimum Gasteiger partial charge on any atom is -0.386 e. The third-order valence-corrected chi connectivity index (χ3v) is 5.30. The molecule has 0 spiro atoms. The first-order chi connectivity index (χ1) is 10.1. The number of carbonyl (C=O) groups excluding carboxylic acids is 1. The Kier molecular flexibility index (Phi) is 3.14. The monoisotopic (exact) mass is 299 g/mol. The molecule has 2 aromatic rings. The van der Waals surface area contributed by atoms with Gasteiger partial charge in [0.15, 0.2) is 0 Å². The number of benzene rings is 2. The van der Waals surface area contributed by atoms with Crippen molar-refractivity contribution in [1.82, 2.24) is 5.32 Å². The molecule has 1 aliphatic rings. The topological polar surface area (TPSA) is 63.2 Å². The molecular weight excluding hydrogens is 286 g/mol. The van der Waals surface area contributed by atoms with Crippen LogP contribution in [0, 0.1) is 0 Å². The Hall–Kier alpha value is -2.40. The van der Waals surface area contributed by atoms with Crippen molar-refractivity contribution in [2.24, 2.45) is 0 Å². The maximum Gasteiger partial charge on any atom is 0.213 e. The number of allylic oxidation sites excluding steroid dienone is 1. The summed E-state index contributed by atoms with van der Waals surface area (Å²) in [5, 5.41) is 2.86. The third-order valence-electron chi connectivity index (χ3n) is 3.44. The van der Waals surface area contributed by atoms with Crippen molar-refractivity contribution < 1.29 is 13.2 Å². The fourth-order valence-electron chi connectivity index (χ4n) is 2.48. The normalized spacial score (nSPS) is 18.2. The molecule has 1 aliphatic heterocycles. The molecule has 0 unspecified atom stereocenters. The number of nitrogens with one attached hydrogen (secondary N) is 1. The van der Waals surface area contributed by atoms with E-state index in [1.807, 2.05) is 6.07 Å². The molecule has 2 aromatic carbocycles. The van der Waals surface area contributed by atoms with Gasteiger partial charge in [-0.05, 0) is 17.7 Å². The van der Waals surface area contributed by atoms with Crippen molar-refractivity contribution in [1.29, 1.82) is 0 Å². The summed E-state index contributed by atoms with van der Waals surface area (Å²) < 4.78 is 25.3. The smallest absolute Gasteiger partial charge is 0.213 e. The van der Waals surface area contributed by atoms with E-state index in [2.05, 4.69) is 5.32 Å². The Morgan fingerprint density at radius 2 is 1.57 bits per heavy atom. The van der Waals surface area contributed by atoms with Gasteiger partial charge in [0.25, 0.3) is 0 Å². The summed E-state index contributed by atoms with van der Waals surface area (Å²) in [6.45, 7) is 0. The van der Waals surface area contributed by atoms with Crippen LogP contribution in [-0.4, -0.2) is 21.2 Å². The second kappa shape index (κ2) is 4.86. The Balaban J connectivity index is 2.33. The van der Waals surface area contributed by atoms with Gasteiger partial charge in [0.1, 0.15) is 4.91 Å². The van der Waals surface area contributed by atoms with Crippen LogP contribution in [0.2, 0.25) is 0 Å². The standard InChI is InChI=1S/C16H13NO3S/c1-17-14(11-7-3-2-4-8-11)16-15(18)12-9-5-6-10-13(12)21(16,19)20/h2-10,17H,1H3. The largest absolute Gasteiger partial charge is 0.386 e. The van der Waals surface area contributed by atoms with Gasteiger partial charge in [-0.25, -0.2) is 8.42 Å². The Morgan fingerprint density at radius 3 is 2.19 bits per heavy atom. The molecule has 0 aliphatic carbocycles. The van der Waals surface area contributed by atoms with Crippen LogP contribution in [0.3, 0.4) is 0 Å².